The van der Waals surface area contributed by atoms with Crippen molar-refractivity contribution >= 4 is 62.7 Å². The molecule has 0 spiro atoms. The Balaban J connectivity index is -0.000000268. The van der Waals surface area contributed by atoms with E-state index in [2.05, 4.69) is 19.9 Å². The molecule has 0 saturated carbocycles. The van der Waals surface area contributed by atoms with Crippen molar-refractivity contribution in [2.24, 2.45) is 4.99 Å². The number of sulfone groups is 2. The van der Waals surface area contributed by atoms with Gasteiger partial charge in [-0.1, -0.05) is 92.0 Å². The molecule has 3 aromatic heterocycles. The van der Waals surface area contributed by atoms with Crippen molar-refractivity contribution in [1.29, 1.82) is 0 Å². The second-order valence-electron chi connectivity index (χ2n) is 13.1. The third kappa shape index (κ3) is 29.0. The molecule has 0 radical (unpaired) electrons. The molecule has 374 valence electrons. The van der Waals surface area contributed by atoms with E-state index < -0.39 is 27.5 Å². The molecule has 0 saturated heterocycles. The number of hydrogen-bond donors (Lipinski definition) is 0. The van der Waals surface area contributed by atoms with Crippen LogP contribution in [0.25, 0.3) is 22.4 Å². The molecule has 2 aromatic carbocycles. The van der Waals surface area contributed by atoms with Crippen molar-refractivity contribution in [2.45, 2.75) is 74.6 Å². The molecular formula is C45H65Cl2F6N5O5PS2-. The number of nitrogens with zero attached hydrogens (tertiary/aromatic N) is 5. The molecular weight excluding hydrogens is 971 g/mol. The van der Waals surface area contributed by atoms with Crippen LogP contribution in [0.3, 0.4) is 0 Å². The van der Waals surface area contributed by atoms with E-state index in [0.717, 1.165) is 45.6 Å². The number of aryl methyl sites for hydroxylation is 2. The maximum absolute atomic E-state index is 12.0. The first-order chi connectivity index (χ1) is 27.3. The van der Waals surface area contributed by atoms with Gasteiger partial charge < -0.3 is 4.90 Å². The number of aromatic nitrogens is 3. The third-order valence-corrected chi connectivity index (χ3v) is 9.87. The predicted molar refractivity (Wildman–Crippen MR) is 268 cm³/mol. The number of ketones is 1. The van der Waals surface area contributed by atoms with Crippen LogP contribution in [0.2, 0.25) is 5.02 Å². The van der Waals surface area contributed by atoms with Gasteiger partial charge in [0.2, 0.25) is 0 Å². The van der Waals surface area contributed by atoms with Crippen molar-refractivity contribution in [2.75, 3.05) is 33.7 Å². The number of pyridine rings is 3. The van der Waals surface area contributed by atoms with Gasteiger partial charge in [-0.2, -0.15) is 0 Å². The Morgan fingerprint density at radius 2 is 1.11 bits per heavy atom. The predicted octanol–water partition coefficient (Wildman–Crippen LogP) is 14.9. The van der Waals surface area contributed by atoms with Crippen molar-refractivity contribution in [3.05, 3.63) is 136 Å². The monoisotopic (exact) mass is 1030 g/mol. The van der Waals surface area contributed by atoms with E-state index in [-0.39, 0.29) is 66.6 Å². The summed E-state index contributed by atoms with van der Waals surface area (Å²) in [6.45, 7) is 3.78. The molecule has 0 aliphatic heterocycles. The maximum atomic E-state index is 12.0. The number of halogens is 8. The second kappa shape index (κ2) is 27.8. The second-order valence-corrected chi connectivity index (χ2v) is 19.9. The van der Waals surface area contributed by atoms with Crippen molar-refractivity contribution in [1.82, 2.24) is 19.9 Å². The zero-order valence-electron chi connectivity index (χ0n) is 33.2. The minimum absolute atomic E-state index is 0. The van der Waals surface area contributed by atoms with E-state index in [4.69, 9.17) is 23.2 Å². The molecule has 10 nitrogen and oxygen atoms in total. The summed E-state index contributed by atoms with van der Waals surface area (Å²) in [6, 6.07) is 22.3. The van der Waals surface area contributed by atoms with Gasteiger partial charge in [-0.25, -0.2) is 16.8 Å². The Hall–Kier alpha value is -4.74. The van der Waals surface area contributed by atoms with Gasteiger partial charge in [0.05, 0.1) is 25.5 Å². The molecule has 0 aliphatic carbocycles. The van der Waals surface area contributed by atoms with Crippen LogP contribution in [-0.2, 0) is 26.1 Å². The van der Waals surface area contributed by atoms with Crippen LogP contribution in [0.4, 0.5) is 25.2 Å². The SMILES string of the molecule is C.C.C.C.C.C.CN=C/C(Cl)=C\N(C)C.Cc1ccc(-c2ncc(Cl)cc2-c2ccc(S(C)(=O)=O)cc2)cn1.Cc1ccc(C(=O)Cc2ccc(S(C)(=O)=O)cc2)cn1.F[P-](F)(F)(F)(F)F. The van der Waals surface area contributed by atoms with Crippen LogP contribution >= 0.6 is 31.0 Å². The molecule has 0 aliphatic rings. The summed E-state index contributed by atoms with van der Waals surface area (Å²) >= 11 is 11.8. The Kier molecular flexibility index (Phi) is 29.6. The van der Waals surface area contributed by atoms with Gasteiger partial charge in [-0.3, -0.25) is 24.7 Å². The van der Waals surface area contributed by atoms with E-state index in [9.17, 15) is 46.8 Å². The molecule has 0 bridgehead atoms. The summed E-state index contributed by atoms with van der Waals surface area (Å²) in [5.41, 5.74) is 6.41. The van der Waals surface area contributed by atoms with Gasteiger partial charge in [0.1, 0.15) is 0 Å². The molecule has 0 fully saturated rings. The van der Waals surface area contributed by atoms with Crippen LogP contribution in [-0.4, -0.2) is 82.3 Å². The number of carbonyl (C=O) groups excluding carboxylic acids is 1. The standard InChI is InChI=1S/C18H15ClN2O2S.C15H15NO3S.C6H11ClN2.6CH4.F6P/c1-12-3-4-14(10-20-12)18-17(9-15(19)11-21-18)13-5-7-16(8-6-13)24(2,22)23;1-11-3-6-13(10-16-11)15(17)9-12-4-7-14(8-5-12)20(2,18)19;1-8-4-6(7)5-9(2)3;;;;;;;1-7(2,3,4,5)6/h3-11H,1-2H3;3-8,10H,9H2,1-2H3;4-5H,1-3H3;6*1H4;/q;;;;;;;;;-1/b;;6-5+,8-4?;;;;;;;. The molecule has 0 amide bonds. The molecule has 0 atom stereocenters. The first-order valence-corrected chi connectivity index (χ1v) is 23.6. The molecule has 21 heteroatoms. The van der Waals surface area contributed by atoms with Crippen LogP contribution in [0.1, 0.15) is 71.9 Å². The van der Waals surface area contributed by atoms with E-state index in [1.54, 1.807) is 86.6 Å². The Bertz CT molecular complexity index is 2520. The van der Waals surface area contributed by atoms with Gasteiger partial charge in [-0.05, 0) is 79.6 Å². The number of Topliss-reactive ketones (excluding diaryl/α,β-unsaturated/α-hetero) is 1. The Morgan fingerprint density at radius 3 is 1.48 bits per heavy atom. The summed E-state index contributed by atoms with van der Waals surface area (Å²) in [4.78, 5) is 31.0. The number of benzene rings is 2. The van der Waals surface area contributed by atoms with Gasteiger partial charge >= 0.3 is 33.0 Å². The average Bonchev–Trinajstić information content (AvgIpc) is 3.11. The van der Waals surface area contributed by atoms with E-state index in [0.29, 0.717) is 15.6 Å². The van der Waals surface area contributed by atoms with E-state index in [1.165, 1.54) is 18.4 Å². The zero-order chi connectivity index (χ0) is 45.8. The van der Waals surface area contributed by atoms with Gasteiger partial charge in [0, 0.05) is 99.2 Å². The summed E-state index contributed by atoms with van der Waals surface area (Å²) in [7, 11) is -11.6. The summed E-state index contributed by atoms with van der Waals surface area (Å²) < 4.78 is 105. The fraction of sp³-hybridized carbons (Fsp3) is 0.311. The fourth-order valence-electron chi connectivity index (χ4n) is 4.56. The quantitative estimate of drug-likeness (QED) is 0.0611. The van der Waals surface area contributed by atoms with Crippen LogP contribution in [0, 0.1) is 13.8 Å². The number of aliphatic imine (C=N–C) groups is 1. The van der Waals surface area contributed by atoms with Crippen molar-refractivity contribution in [3.63, 3.8) is 0 Å². The minimum atomic E-state index is -10.7. The summed E-state index contributed by atoms with van der Waals surface area (Å²) in [5.74, 6) is -0.0374. The van der Waals surface area contributed by atoms with Crippen LogP contribution < -0.4 is 0 Å². The fourth-order valence-corrected chi connectivity index (χ4v) is 6.27. The Morgan fingerprint density at radius 1 is 0.682 bits per heavy atom. The Labute approximate surface area is 399 Å². The molecule has 5 rings (SSSR count). The first kappa shape index (κ1) is 70.3. The normalized spacial score (nSPS) is 11.8. The number of hydrogen-bond acceptors (Lipinski definition) is 10. The van der Waals surface area contributed by atoms with Crippen molar-refractivity contribution in [3.8, 4) is 22.4 Å². The molecule has 66 heavy (non-hydrogen) atoms. The van der Waals surface area contributed by atoms with Gasteiger partial charge in [0.15, 0.2) is 25.5 Å². The molecule has 0 N–H and O–H groups in total. The topological polar surface area (TPSA) is 140 Å². The molecule has 0 unspecified atom stereocenters. The third-order valence-electron chi connectivity index (χ3n) is 7.22. The van der Waals surface area contributed by atoms with Gasteiger partial charge in [0.25, 0.3) is 0 Å². The van der Waals surface area contributed by atoms with Crippen LogP contribution in [0.5, 0.6) is 0 Å². The zero-order valence-corrected chi connectivity index (χ0v) is 37.2. The van der Waals surface area contributed by atoms with Crippen LogP contribution in [0.15, 0.2) is 123 Å². The van der Waals surface area contributed by atoms with E-state index >= 15 is 0 Å². The van der Waals surface area contributed by atoms with Gasteiger partial charge in [-0.15, -0.1) is 0 Å². The summed E-state index contributed by atoms with van der Waals surface area (Å²) in [6.07, 6.45) is 10.9. The molecule has 3 heterocycles. The number of carbonyl (C=O) groups is 1. The van der Waals surface area contributed by atoms with Crippen molar-refractivity contribution < 1.29 is 46.8 Å². The van der Waals surface area contributed by atoms with E-state index in [1.807, 2.05) is 51.0 Å². The number of allylic oxidation sites excluding steroid dienone is 1. The first-order valence-electron chi connectivity index (χ1n) is 17.0. The average molecular weight is 1040 g/mol. The molecule has 5 aromatic rings. The number of rotatable bonds is 9. The summed E-state index contributed by atoms with van der Waals surface area (Å²) in [5, 5.41) is 1.16.